The van der Waals surface area contributed by atoms with Gasteiger partial charge in [-0.25, -0.2) is 0 Å². The maximum atomic E-state index is 2.49. The summed E-state index contributed by atoms with van der Waals surface area (Å²) in [6, 6.07) is 115. The molecular formula is C84H63N3. The van der Waals surface area contributed by atoms with Crippen LogP contribution in [0.4, 0.5) is 34.1 Å². The summed E-state index contributed by atoms with van der Waals surface area (Å²) in [4.78, 5) is 4.98. The Morgan fingerprint density at radius 2 is 0.598 bits per heavy atom. The average molecular weight is 1110 g/mol. The molecule has 0 spiro atoms. The Labute approximate surface area is 510 Å². The molecule has 1 aromatic heterocycles. The molecular weight excluding hydrogens is 1050 g/mol. The fourth-order valence-electron chi connectivity index (χ4n) is 14.3. The number of nitrogens with zero attached hydrogens (tertiary/aromatic N) is 3. The SMILES string of the molecule is CC1(C)c2ccccc2-c2ccc(N(c3ccc(-c4ccccc4)cc3)c3cc(-c4ccc5c6ccccc6n(-c6ccc(-c7ccccc7)cc6)c5c4)cc(N(c4ccc(-c5ccccc5)cc4)c4ccc5c(c4)C(C)(C)c4ccccc4-5)c3)cc21. The van der Waals surface area contributed by atoms with Gasteiger partial charge < -0.3 is 14.4 Å². The number of rotatable bonds is 11. The van der Waals surface area contributed by atoms with E-state index in [1.54, 1.807) is 0 Å². The van der Waals surface area contributed by atoms with Gasteiger partial charge in [0.05, 0.1) is 11.0 Å². The first-order chi connectivity index (χ1) is 42.6. The topological polar surface area (TPSA) is 11.4 Å². The molecule has 0 saturated carbocycles. The van der Waals surface area contributed by atoms with Crippen molar-refractivity contribution in [3.8, 4) is 72.4 Å². The Morgan fingerprint density at radius 1 is 0.230 bits per heavy atom. The van der Waals surface area contributed by atoms with Crippen LogP contribution in [0.1, 0.15) is 49.9 Å². The van der Waals surface area contributed by atoms with Crippen LogP contribution in [0.25, 0.3) is 94.3 Å². The third-order valence-corrected chi connectivity index (χ3v) is 18.8. The Kier molecular flexibility index (Phi) is 12.2. The van der Waals surface area contributed by atoms with Crippen molar-refractivity contribution in [1.29, 1.82) is 0 Å². The summed E-state index contributed by atoms with van der Waals surface area (Å²) >= 11 is 0. The molecule has 2 aliphatic rings. The molecule has 87 heavy (non-hydrogen) atoms. The second-order valence-corrected chi connectivity index (χ2v) is 24.5. The van der Waals surface area contributed by atoms with Gasteiger partial charge in [0.15, 0.2) is 0 Å². The molecule has 0 bridgehead atoms. The zero-order chi connectivity index (χ0) is 58.4. The van der Waals surface area contributed by atoms with Crippen molar-refractivity contribution in [2.75, 3.05) is 9.80 Å². The van der Waals surface area contributed by atoms with Crippen LogP contribution in [0.2, 0.25) is 0 Å². The van der Waals surface area contributed by atoms with E-state index in [-0.39, 0.29) is 10.8 Å². The molecule has 3 heteroatoms. The van der Waals surface area contributed by atoms with Crippen molar-refractivity contribution in [3.05, 3.63) is 332 Å². The molecule has 13 aromatic carbocycles. The Bertz CT molecular complexity index is 4730. The van der Waals surface area contributed by atoms with E-state index in [0.29, 0.717) is 0 Å². The summed E-state index contributed by atoms with van der Waals surface area (Å²) in [5, 5.41) is 2.43. The first-order valence-corrected chi connectivity index (χ1v) is 30.4. The summed E-state index contributed by atoms with van der Waals surface area (Å²) in [5.41, 5.74) is 29.3. The molecule has 0 N–H and O–H groups in total. The van der Waals surface area contributed by atoms with Crippen molar-refractivity contribution in [1.82, 2.24) is 4.57 Å². The van der Waals surface area contributed by atoms with Crippen LogP contribution in [0.3, 0.4) is 0 Å². The van der Waals surface area contributed by atoms with Gasteiger partial charge in [0, 0.05) is 61.4 Å². The molecule has 2 aliphatic carbocycles. The van der Waals surface area contributed by atoms with Gasteiger partial charge in [0.2, 0.25) is 0 Å². The fraction of sp³-hybridized carbons (Fsp3) is 0.0714. The van der Waals surface area contributed by atoms with Crippen LogP contribution in [0, 0.1) is 0 Å². The Morgan fingerprint density at radius 3 is 1.08 bits per heavy atom. The zero-order valence-electron chi connectivity index (χ0n) is 49.3. The second kappa shape index (κ2) is 20.5. The third kappa shape index (κ3) is 8.72. The van der Waals surface area contributed by atoms with E-state index in [1.165, 1.54) is 94.2 Å². The van der Waals surface area contributed by atoms with Gasteiger partial charge in [-0.05, 0) is 180 Å². The monoisotopic (exact) mass is 1110 g/mol. The molecule has 0 atom stereocenters. The summed E-state index contributed by atoms with van der Waals surface area (Å²) < 4.78 is 2.45. The number of hydrogen-bond donors (Lipinski definition) is 0. The molecule has 16 rings (SSSR count). The van der Waals surface area contributed by atoms with Crippen molar-refractivity contribution in [3.63, 3.8) is 0 Å². The van der Waals surface area contributed by atoms with Crippen LogP contribution in [-0.4, -0.2) is 4.57 Å². The number of fused-ring (bicyclic) bond motifs is 9. The van der Waals surface area contributed by atoms with Crippen LogP contribution in [0.5, 0.6) is 0 Å². The highest BCUT2D eigenvalue weighted by atomic mass is 15.2. The van der Waals surface area contributed by atoms with Gasteiger partial charge in [0.1, 0.15) is 0 Å². The number of aromatic nitrogens is 1. The van der Waals surface area contributed by atoms with E-state index < -0.39 is 0 Å². The molecule has 414 valence electrons. The minimum atomic E-state index is -0.211. The van der Waals surface area contributed by atoms with Gasteiger partial charge in [-0.15, -0.1) is 0 Å². The van der Waals surface area contributed by atoms with Gasteiger partial charge in [-0.1, -0.05) is 246 Å². The van der Waals surface area contributed by atoms with Gasteiger partial charge >= 0.3 is 0 Å². The number of benzene rings is 13. The summed E-state index contributed by atoms with van der Waals surface area (Å²) in [7, 11) is 0. The lowest BCUT2D eigenvalue weighted by molar-refractivity contribution is 0.660. The normalized spacial score (nSPS) is 13.2. The maximum Gasteiger partial charge on any atom is 0.0547 e. The summed E-state index contributed by atoms with van der Waals surface area (Å²) in [6.07, 6.45) is 0. The molecule has 1 heterocycles. The molecule has 0 fully saturated rings. The number of hydrogen-bond acceptors (Lipinski definition) is 2. The lowest BCUT2D eigenvalue weighted by Crippen LogP contribution is -2.17. The van der Waals surface area contributed by atoms with Crippen LogP contribution >= 0.6 is 0 Å². The maximum absolute atomic E-state index is 2.49. The zero-order valence-corrected chi connectivity index (χ0v) is 49.3. The third-order valence-electron chi connectivity index (χ3n) is 18.8. The minimum Gasteiger partial charge on any atom is -0.310 e. The van der Waals surface area contributed by atoms with Gasteiger partial charge in [-0.3, -0.25) is 0 Å². The Balaban J connectivity index is 0.946. The van der Waals surface area contributed by atoms with E-state index in [9.17, 15) is 0 Å². The lowest BCUT2D eigenvalue weighted by Gasteiger charge is -2.32. The van der Waals surface area contributed by atoms with E-state index in [0.717, 1.165) is 56.5 Å². The first kappa shape index (κ1) is 51.9. The smallest absolute Gasteiger partial charge is 0.0547 e. The van der Waals surface area contributed by atoms with Crippen molar-refractivity contribution in [2.45, 2.75) is 38.5 Å². The molecule has 0 amide bonds. The van der Waals surface area contributed by atoms with Crippen LogP contribution in [-0.2, 0) is 10.8 Å². The first-order valence-electron chi connectivity index (χ1n) is 30.4. The lowest BCUT2D eigenvalue weighted by atomic mass is 9.82. The summed E-state index contributed by atoms with van der Waals surface area (Å²) in [6.45, 7) is 9.51. The quantitative estimate of drug-likeness (QED) is 0.128. The fourth-order valence-corrected chi connectivity index (χ4v) is 14.3. The molecule has 0 saturated heterocycles. The highest BCUT2D eigenvalue weighted by Gasteiger charge is 2.37. The predicted molar refractivity (Wildman–Crippen MR) is 367 cm³/mol. The van der Waals surface area contributed by atoms with E-state index in [2.05, 4.69) is 351 Å². The predicted octanol–water partition coefficient (Wildman–Crippen LogP) is 23.0. The van der Waals surface area contributed by atoms with Crippen molar-refractivity contribution in [2.24, 2.45) is 0 Å². The van der Waals surface area contributed by atoms with Gasteiger partial charge in [-0.2, -0.15) is 0 Å². The standard InChI is InChI=1S/C84H63N3/c1-83(2)77-29-17-14-26-71(77)73-48-45-67(54-79(73)83)85(64-39-32-59(33-40-64)56-20-8-5-9-21-56)69-50-63(62-38-47-76-75-28-16-19-31-81(75)87(82(76)52-62)66-43-36-61(37-44-66)58-24-12-7-13-25-58)51-70(53-69)86(65-41-34-60(35-42-65)57-22-10-6-11-23-57)68-46-49-74-72-27-15-18-30-78(72)84(3,4)80(74)55-68/h5-55H,1-4H3. The molecule has 3 nitrogen and oxygen atoms in total. The van der Waals surface area contributed by atoms with E-state index in [4.69, 9.17) is 0 Å². The number of anilines is 6. The van der Waals surface area contributed by atoms with Crippen LogP contribution in [0.15, 0.2) is 309 Å². The molecule has 0 unspecified atom stereocenters. The number of para-hydroxylation sites is 1. The largest absolute Gasteiger partial charge is 0.310 e. The van der Waals surface area contributed by atoms with Gasteiger partial charge in [0.25, 0.3) is 0 Å². The molecule has 0 aliphatic heterocycles. The van der Waals surface area contributed by atoms with E-state index in [1.807, 2.05) is 0 Å². The molecule has 14 aromatic rings. The van der Waals surface area contributed by atoms with Crippen molar-refractivity contribution < 1.29 is 0 Å². The Hall–Kier alpha value is -10.7. The highest BCUT2D eigenvalue weighted by molar-refractivity contribution is 6.10. The molecule has 0 radical (unpaired) electrons. The second-order valence-electron chi connectivity index (χ2n) is 24.5. The van der Waals surface area contributed by atoms with Crippen molar-refractivity contribution >= 4 is 55.9 Å². The minimum absolute atomic E-state index is 0.211. The van der Waals surface area contributed by atoms with Crippen LogP contribution < -0.4 is 9.80 Å². The highest BCUT2D eigenvalue weighted by Crippen LogP contribution is 2.54. The average Bonchev–Trinajstić information content (AvgIpc) is 2.20. The van der Waals surface area contributed by atoms with E-state index >= 15 is 0 Å². The summed E-state index contributed by atoms with van der Waals surface area (Å²) in [5.74, 6) is 0.